The van der Waals surface area contributed by atoms with Gasteiger partial charge in [-0.15, -0.1) is 16.2 Å². The highest BCUT2D eigenvalue weighted by Gasteiger charge is 2.21. The third kappa shape index (κ3) is 2.74. The third-order valence-electron chi connectivity index (χ3n) is 3.97. The van der Waals surface area contributed by atoms with Gasteiger partial charge in [-0.1, -0.05) is 6.07 Å². The Morgan fingerprint density at radius 3 is 2.79 bits per heavy atom. The second-order valence-corrected chi connectivity index (χ2v) is 8.22. The number of nitrogens with zero attached hydrogens (tertiary/aromatic N) is 3. The van der Waals surface area contributed by atoms with Crippen molar-refractivity contribution < 1.29 is 8.42 Å². The lowest BCUT2D eigenvalue weighted by molar-refractivity contribution is 0.583. The summed E-state index contributed by atoms with van der Waals surface area (Å²) in [5.41, 5.74) is 3.98. The molecule has 124 valence electrons. The van der Waals surface area contributed by atoms with Gasteiger partial charge in [-0.25, -0.2) is 23.4 Å². The average molecular weight is 361 g/mol. The third-order valence-corrected chi connectivity index (χ3v) is 6.33. The lowest BCUT2D eigenvalue weighted by atomic mass is 9.97. The number of pyridine rings is 1. The molecule has 0 radical (unpaired) electrons. The highest BCUT2D eigenvalue weighted by molar-refractivity contribution is 7.89. The molecule has 24 heavy (non-hydrogen) atoms. The number of aromatic nitrogens is 3. The summed E-state index contributed by atoms with van der Waals surface area (Å²) in [6.45, 7) is 0. The topological polar surface area (TPSA) is 96.9 Å². The molecule has 3 aromatic rings. The normalized spacial score (nSPS) is 14.5. The molecule has 0 saturated heterocycles. The van der Waals surface area contributed by atoms with E-state index in [1.54, 1.807) is 23.5 Å². The van der Waals surface area contributed by atoms with Gasteiger partial charge < -0.3 is 0 Å². The monoisotopic (exact) mass is 361 g/mol. The predicted molar refractivity (Wildman–Crippen MR) is 92.2 cm³/mol. The zero-order valence-corrected chi connectivity index (χ0v) is 14.3. The fourth-order valence-electron chi connectivity index (χ4n) is 2.86. The van der Waals surface area contributed by atoms with E-state index in [1.807, 2.05) is 0 Å². The standard InChI is InChI=1S/C15H15N5O2S2/c21-24(22,12-7-3-4-8-16-12)20-19-14-13-10-5-1-2-6-11(10)23-15(13)18-9-17-14/h3-4,7-9,20H,1-2,5-6H2,(H,17,18,19). The summed E-state index contributed by atoms with van der Waals surface area (Å²) in [5, 5.41) is 0.871. The Labute approximate surface area is 143 Å². The van der Waals surface area contributed by atoms with Gasteiger partial charge in [0.15, 0.2) is 10.8 Å². The van der Waals surface area contributed by atoms with E-state index in [0.29, 0.717) is 5.82 Å². The number of nitrogens with one attached hydrogen (secondary N) is 2. The van der Waals surface area contributed by atoms with E-state index in [1.165, 1.54) is 35.5 Å². The van der Waals surface area contributed by atoms with Gasteiger partial charge >= 0.3 is 0 Å². The maximum atomic E-state index is 12.3. The zero-order chi connectivity index (χ0) is 16.6. The number of aryl methyl sites for hydroxylation is 2. The number of hydrogen-bond acceptors (Lipinski definition) is 7. The summed E-state index contributed by atoms with van der Waals surface area (Å²) in [6, 6.07) is 4.73. The van der Waals surface area contributed by atoms with Crippen molar-refractivity contribution in [1.29, 1.82) is 0 Å². The molecule has 7 nitrogen and oxygen atoms in total. The van der Waals surface area contributed by atoms with Crippen LogP contribution >= 0.6 is 11.3 Å². The van der Waals surface area contributed by atoms with E-state index >= 15 is 0 Å². The van der Waals surface area contributed by atoms with Crippen molar-refractivity contribution in [2.24, 2.45) is 0 Å². The Kier molecular flexibility index (Phi) is 3.91. The van der Waals surface area contributed by atoms with Crippen LogP contribution in [0.3, 0.4) is 0 Å². The van der Waals surface area contributed by atoms with Gasteiger partial charge in [-0.05, 0) is 43.4 Å². The van der Waals surface area contributed by atoms with Crippen LogP contribution in [0.15, 0.2) is 35.7 Å². The SMILES string of the molecule is O=S(=O)(NNc1ncnc2sc3c(c12)CCCC3)c1ccccn1. The Morgan fingerprint density at radius 2 is 1.96 bits per heavy atom. The van der Waals surface area contributed by atoms with Crippen molar-refractivity contribution in [3.05, 3.63) is 41.2 Å². The lowest BCUT2D eigenvalue weighted by Crippen LogP contribution is -2.30. The minimum atomic E-state index is -3.76. The number of fused-ring (bicyclic) bond motifs is 3. The first-order chi connectivity index (χ1) is 11.6. The Balaban J connectivity index is 1.67. The molecule has 0 unspecified atom stereocenters. The van der Waals surface area contributed by atoms with Gasteiger partial charge in [0.05, 0.1) is 5.39 Å². The molecule has 0 aromatic carbocycles. The molecule has 0 amide bonds. The molecule has 0 fully saturated rings. The summed E-state index contributed by atoms with van der Waals surface area (Å²) >= 11 is 1.66. The lowest BCUT2D eigenvalue weighted by Gasteiger charge is -2.12. The van der Waals surface area contributed by atoms with Gasteiger partial charge in [0.1, 0.15) is 11.2 Å². The van der Waals surface area contributed by atoms with E-state index in [-0.39, 0.29) is 5.03 Å². The molecule has 0 saturated carbocycles. The van der Waals surface area contributed by atoms with E-state index in [9.17, 15) is 8.42 Å². The van der Waals surface area contributed by atoms with Crippen molar-refractivity contribution >= 4 is 37.4 Å². The van der Waals surface area contributed by atoms with Crippen LogP contribution in [0.4, 0.5) is 5.82 Å². The van der Waals surface area contributed by atoms with Crippen molar-refractivity contribution in [3.63, 3.8) is 0 Å². The van der Waals surface area contributed by atoms with Gasteiger partial charge in [-0.3, -0.25) is 5.43 Å². The number of anilines is 1. The molecule has 1 aliphatic rings. The first-order valence-corrected chi connectivity index (χ1v) is 9.89. The van der Waals surface area contributed by atoms with Crippen molar-refractivity contribution in [2.45, 2.75) is 30.7 Å². The Hall–Kier alpha value is -2.10. The van der Waals surface area contributed by atoms with Crippen molar-refractivity contribution in [2.75, 3.05) is 5.43 Å². The highest BCUT2D eigenvalue weighted by Crippen LogP contribution is 2.37. The molecule has 4 rings (SSSR count). The van der Waals surface area contributed by atoms with E-state index in [2.05, 4.69) is 25.2 Å². The van der Waals surface area contributed by atoms with Crippen LogP contribution in [0.25, 0.3) is 10.2 Å². The summed E-state index contributed by atoms with van der Waals surface area (Å²) < 4.78 is 24.6. The second-order valence-electron chi connectivity index (χ2n) is 5.51. The van der Waals surface area contributed by atoms with Crippen molar-refractivity contribution in [3.8, 4) is 0 Å². The molecule has 0 spiro atoms. The molecule has 3 heterocycles. The summed E-state index contributed by atoms with van der Waals surface area (Å²) in [7, 11) is -3.76. The average Bonchev–Trinajstić information content (AvgIpc) is 3.00. The minimum Gasteiger partial charge on any atom is -0.291 e. The number of hydrogen-bond donors (Lipinski definition) is 2. The summed E-state index contributed by atoms with van der Waals surface area (Å²) in [6.07, 6.45) is 7.23. The zero-order valence-electron chi connectivity index (χ0n) is 12.7. The highest BCUT2D eigenvalue weighted by atomic mass is 32.2. The first-order valence-electron chi connectivity index (χ1n) is 7.59. The minimum absolute atomic E-state index is 0.0462. The van der Waals surface area contributed by atoms with Gasteiger partial charge in [-0.2, -0.15) is 0 Å². The van der Waals surface area contributed by atoms with Gasteiger partial charge in [0.2, 0.25) is 0 Å². The Bertz CT molecular complexity index is 986. The molecule has 1 aliphatic carbocycles. The molecular weight excluding hydrogens is 346 g/mol. The maximum absolute atomic E-state index is 12.3. The van der Waals surface area contributed by atoms with E-state index in [0.717, 1.165) is 29.5 Å². The van der Waals surface area contributed by atoms with Crippen LogP contribution in [-0.4, -0.2) is 23.4 Å². The number of hydrazine groups is 1. The van der Waals surface area contributed by atoms with Crippen LogP contribution in [0, 0.1) is 0 Å². The maximum Gasteiger partial charge on any atom is 0.274 e. The van der Waals surface area contributed by atoms with Crippen LogP contribution in [-0.2, 0) is 22.9 Å². The summed E-state index contributed by atoms with van der Waals surface area (Å²) in [4.78, 5) is 17.0. The fraction of sp³-hybridized carbons (Fsp3) is 0.267. The van der Waals surface area contributed by atoms with Crippen LogP contribution < -0.4 is 10.3 Å². The van der Waals surface area contributed by atoms with Crippen LogP contribution in [0.5, 0.6) is 0 Å². The molecule has 0 atom stereocenters. The number of rotatable bonds is 4. The molecule has 3 aromatic heterocycles. The summed E-state index contributed by atoms with van der Waals surface area (Å²) in [5.74, 6) is 0.485. The largest absolute Gasteiger partial charge is 0.291 e. The second kappa shape index (κ2) is 6.08. The number of sulfonamides is 1. The van der Waals surface area contributed by atoms with Crippen LogP contribution in [0.2, 0.25) is 0 Å². The van der Waals surface area contributed by atoms with Crippen molar-refractivity contribution in [1.82, 2.24) is 19.8 Å². The quantitative estimate of drug-likeness (QED) is 0.692. The predicted octanol–water partition coefficient (Wildman–Crippen LogP) is 2.27. The fourth-order valence-corrected chi connectivity index (χ4v) is 4.88. The van der Waals surface area contributed by atoms with Gasteiger partial charge in [0, 0.05) is 11.1 Å². The molecule has 0 aliphatic heterocycles. The van der Waals surface area contributed by atoms with Gasteiger partial charge in [0.25, 0.3) is 10.0 Å². The molecule has 9 heteroatoms. The van der Waals surface area contributed by atoms with Crippen LogP contribution in [0.1, 0.15) is 23.3 Å². The first kappa shape index (κ1) is 15.4. The van der Waals surface area contributed by atoms with E-state index in [4.69, 9.17) is 0 Å². The number of thiophene rings is 1. The molecule has 2 N–H and O–H groups in total. The van der Waals surface area contributed by atoms with E-state index < -0.39 is 10.0 Å². The molecular formula is C15H15N5O2S2. The Morgan fingerprint density at radius 1 is 1.08 bits per heavy atom. The molecule has 0 bridgehead atoms. The smallest absolute Gasteiger partial charge is 0.274 e.